The van der Waals surface area contributed by atoms with Gasteiger partial charge in [-0.3, -0.25) is 0 Å². The Balaban J connectivity index is 1.74. The highest BCUT2D eigenvalue weighted by atomic mass is 19.1. The zero-order valence-electron chi connectivity index (χ0n) is 14.7. The molecule has 0 heterocycles. The molecular formula is C20H18F2N2O4. The summed E-state index contributed by atoms with van der Waals surface area (Å²) in [7, 11) is 0. The van der Waals surface area contributed by atoms with Gasteiger partial charge in [0.25, 0.3) is 0 Å². The Morgan fingerprint density at radius 2 is 1.14 bits per heavy atom. The highest BCUT2D eigenvalue weighted by Crippen LogP contribution is 2.31. The highest BCUT2D eigenvalue weighted by molar-refractivity contribution is 5.41. The second kappa shape index (κ2) is 9.25. The largest absolute Gasteiger partial charge is 0.454 e. The second-order valence-corrected chi connectivity index (χ2v) is 5.88. The Morgan fingerprint density at radius 3 is 1.54 bits per heavy atom. The summed E-state index contributed by atoms with van der Waals surface area (Å²) in [5.41, 5.74) is 5.02. The molecule has 6 nitrogen and oxygen atoms in total. The maximum Gasteiger partial charge on any atom is 0.166 e. The number of hydrogen-bond acceptors (Lipinski definition) is 6. The van der Waals surface area contributed by atoms with Crippen LogP contribution in [0.4, 0.5) is 8.78 Å². The average molecular weight is 388 g/mol. The molecule has 0 bridgehead atoms. The summed E-state index contributed by atoms with van der Waals surface area (Å²) in [5, 5.41) is 17.3. The smallest absolute Gasteiger partial charge is 0.166 e. The standard InChI is InChI=1S/C20H18F2N2O4/c21-17-8-13(11-23-25)4-6-19(17)27-15-2-1-3-16(10-15)28-20-7-5-14(12-24-26)9-18(20)22/h1-10,23-26H,11-12H2. The van der Waals surface area contributed by atoms with Gasteiger partial charge in [0.1, 0.15) is 11.5 Å². The first-order valence-corrected chi connectivity index (χ1v) is 8.35. The van der Waals surface area contributed by atoms with Crippen LogP contribution in [0.15, 0.2) is 60.7 Å². The molecule has 3 aromatic rings. The third-order valence-electron chi connectivity index (χ3n) is 3.82. The van der Waals surface area contributed by atoms with Crippen LogP contribution in [0.25, 0.3) is 0 Å². The first-order chi connectivity index (χ1) is 13.6. The van der Waals surface area contributed by atoms with Crippen molar-refractivity contribution >= 4 is 0 Å². The SMILES string of the molecule is ONCc1ccc(Oc2cccc(Oc3ccc(CNO)cc3F)c2)c(F)c1. The summed E-state index contributed by atoms with van der Waals surface area (Å²) in [5.74, 6) is -0.537. The summed E-state index contributed by atoms with van der Waals surface area (Å²) in [6, 6.07) is 15.0. The number of nitrogens with one attached hydrogen (secondary N) is 2. The molecule has 8 heteroatoms. The summed E-state index contributed by atoms with van der Waals surface area (Å²) in [4.78, 5) is 0. The topological polar surface area (TPSA) is 83.0 Å². The van der Waals surface area contributed by atoms with E-state index in [1.807, 2.05) is 11.0 Å². The van der Waals surface area contributed by atoms with Crippen LogP contribution < -0.4 is 20.4 Å². The molecule has 3 rings (SSSR count). The van der Waals surface area contributed by atoms with Crippen LogP contribution in [-0.2, 0) is 13.1 Å². The Labute approximate surface area is 159 Å². The van der Waals surface area contributed by atoms with E-state index in [1.54, 1.807) is 30.3 Å². The lowest BCUT2D eigenvalue weighted by atomic mass is 10.2. The zero-order valence-corrected chi connectivity index (χ0v) is 14.7. The van der Waals surface area contributed by atoms with Crippen molar-refractivity contribution in [3.05, 3.63) is 83.4 Å². The normalized spacial score (nSPS) is 10.7. The fourth-order valence-corrected chi connectivity index (χ4v) is 2.51. The summed E-state index contributed by atoms with van der Waals surface area (Å²) in [6.07, 6.45) is 0. The number of hydroxylamine groups is 2. The molecule has 146 valence electrons. The van der Waals surface area contributed by atoms with Gasteiger partial charge in [-0.15, -0.1) is 0 Å². The quantitative estimate of drug-likeness (QED) is 0.425. The van der Waals surface area contributed by atoms with Gasteiger partial charge in [0.05, 0.1) is 0 Å². The van der Waals surface area contributed by atoms with E-state index in [1.165, 1.54) is 30.3 Å². The van der Waals surface area contributed by atoms with Gasteiger partial charge in [-0.1, -0.05) is 18.2 Å². The third kappa shape index (κ3) is 5.02. The predicted octanol–water partition coefficient (Wildman–Crippen LogP) is 4.51. The maximum atomic E-state index is 14.1. The Morgan fingerprint density at radius 1 is 0.679 bits per heavy atom. The van der Waals surface area contributed by atoms with E-state index in [9.17, 15) is 8.78 Å². The van der Waals surface area contributed by atoms with Crippen LogP contribution in [0.3, 0.4) is 0 Å². The van der Waals surface area contributed by atoms with Crippen LogP contribution in [0.1, 0.15) is 11.1 Å². The molecule has 0 atom stereocenters. The third-order valence-corrected chi connectivity index (χ3v) is 3.82. The first-order valence-electron chi connectivity index (χ1n) is 8.35. The van der Waals surface area contributed by atoms with Gasteiger partial charge in [0, 0.05) is 19.2 Å². The molecule has 0 aliphatic heterocycles. The van der Waals surface area contributed by atoms with Gasteiger partial charge in [-0.05, 0) is 47.5 Å². The molecule has 0 radical (unpaired) electrons. The fourth-order valence-electron chi connectivity index (χ4n) is 2.51. The molecule has 0 amide bonds. The lowest BCUT2D eigenvalue weighted by molar-refractivity contribution is 0.161. The Kier molecular flexibility index (Phi) is 6.51. The van der Waals surface area contributed by atoms with E-state index in [2.05, 4.69) is 0 Å². The van der Waals surface area contributed by atoms with Crippen LogP contribution in [0.5, 0.6) is 23.0 Å². The average Bonchev–Trinajstić information content (AvgIpc) is 2.67. The minimum absolute atomic E-state index is 0.00544. The van der Waals surface area contributed by atoms with Gasteiger partial charge >= 0.3 is 0 Å². The summed E-state index contributed by atoms with van der Waals surface area (Å²) in [6.45, 7) is 0.221. The molecule has 0 saturated carbocycles. The molecular weight excluding hydrogens is 370 g/mol. The van der Waals surface area contributed by atoms with Crippen molar-refractivity contribution in [2.75, 3.05) is 0 Å². The number of rotatable bonds is 8. The van der Waals surface area contributed by atoms with E-state index < -0.39 is 11.6 Å². The molecule has 4 N–H and O–H groups in total. The van der Waals surface area contributed by atoms with Crippen molar-refractivity contribution in [1.82, 2.24) is 11.0 Å². The van der Waals surface area contributed by atoms with Crippen LogP contribution >= 0.6 is 0 Å². The van der Waals surface area contributed by atoms with Gasteiger partial charge in [-0.25, -0.2) is 19.7 Å². The highest BCUT2D eigenvalue weighted by Gasteiger charge is 2.09. The molecule has 0 spiro atoms. The molecule has 3 aromatic carbocycles. The Hall–Kier alpha value is -3.04. The van der Waals surface area contributed by atoms with Crippen molar-refractivity contribution in [3.63, 3.8) is 0 Å². The number of ether oxygens (including phenoxy) is 2. The van der Waals surface area contributed by atoms with Crippen molar-refractivity contribution in [2.45, 2.75) is 13.1 Å². The molecule has 0 saturated heterocycles. The monoisotopic (exact) mass is 388 g/mol. The fraction of sp³-hybridized carbons (Fsp3) is 0.100. The molecule has 0 aliphatic carbocycles. The van der Waals surface area contributed by atoms with Crippen molar-refractivity contribution in [2.24, 2.45) is 0 Å². The zero-order chi connectivity index (χ0) is 19.9. The molecule has 0 fully saturated rings. The predicted molar refractivity (Wildman–Crippen MR) is 96.6 cm³/mol. The van der Waals surface area contributed by atoms with Crippen molar-refractivity contribution < 1.29 is 28.7 Å². The lowest BCUT2D eigenvalue weighted by Gasteiger charge is -2.11. The van der Waals surface area contributed by atoms with Crippen LogP contribution in [0.2, 0.25) is 0 Å². The van der Waals surface area contributed by atoms with E-state index >= 15 is 0 Å². The van der Waals surface area contributed by atoms with E-state index in [4.69, 9.17) is 19.9 Å². The summed E-state index contributed by atoms with van der Waals surface area (Å²) >= 11 is 0. The number of halogens is 2. The van der Waals surface area contributed by atoms with Crippen LogP contribution in [-0.4, -0.2) is 10.4 Å². The first kappa shape index (κ1) is 19.7. The number of hydrogen-bond donors (Lipinski definition) is 4. The van der Waals surface area contributed by atoms with Crippen LogP contribution in [0, 0.1) is 11.6 Å². The van der Waals surface area contributed by atoms with Crippen molar-refractivity contribution in [3.8, 4) is 23.0 Å². The molecule has 0 aromatic heterocycles. The lowest BCUT2D eigenvalue weighted by Crippen LogP contribution is -2.06. The van der Waals surface area contributed by atoms with Gasteiger partial charge in [-0.2, -0.15) is 0 Å². The maximum absolute atomic E-state index is 14.1. The molecule has 0 unspecified atom stereocenters. The number of benzene rings is 3. The summed E-state index contributed by atoms with van der Waals surface area (Å²) < 4.78 is 39.3. The molecule has 28 heavy (non-hydrogen) atoms. The van der Waals surface area contributed by atoms with Crippen molar-refractivity contribution in [1.29, 1.82) is 0 Å². The molecule has 0 aliphatic rings. The van der Waals surface area contributed by atoms with E-state index in [-0.39, 0.29) is 24.6 Å². The second-order valence-electron chi connectivity index (χ2n) is 5.88. The van der Waals surface area contributed by atoms with Gasteiger partial charge in [0.15, 0.2) is 23.1 Å². The van der Waals surface area contributed by atoms with E-state index in [0.717, 1.165) is 0 Å². The minimum Gasteiger partial charge on any atom is -0.454 e. The van der Waals surface area contributed by atoms with Gasteiger partial charge < -0.3 is 19.9 Å². The minimum atomic E-state index is -0.585. The van der Waals surface area contributed by atoms with E-state index in [0.29, 0.717) is 22.6 Å². The Bertz CT molecular complexity index is 880. The van der Waals surface area contributed by atoms with Gasteiger partial charge in [0.2, 0.25) is 0 Å².